The van der Waals surface area contributed by atoms with E-state index in [1.54, 1.807) is 23.5 Å². The van der Waals surface area contributed by atoms with E-state index in [1.165, 1.54) is 0 Å². The van der Waals surface area contributed by atoms with Gasteiger partial charge in [0.05, 0.1) is 8.47 Å². The number of thioether (sulfide) groups is 2. The van der Waals surface area contributed by atoms with E-state index >= 15 is 0 Å². The molecular formula is C5H8S4. The Morgan fingerprint density at radius 2 is 2.11 bits per heavy atom. The molecule has 0 aliphatic carbocycles. The van der Waals surface area contributed by atoms with Gasteiger partial charge >= 0.3 is 0 Å². The maximum absolute atomic E-state index is 4.26. The molecule has 0 fully saturated rings. The first-order chi connectivity index (χ1) is 4.20. The number of rotatable bonds is 0. The Labute approximate surface area is 75.1 Å². The normalized spacial score (nSPS) is 29.0. The second-order valence-corrected chi connectivity index (χ2v) is 5.83. The lowest BCUT2D eigenvalue weighted by Gasteiger charge is -2.17. The minimum absolute atomic E-state index is 0.693. The van der Waals surface area contributed by atoms with Gasteiger partial charge in [-0.25, -0.2) is 0 Å². The Hall–Kier alpha value is 1.14. The highest BCUT2D eigenvalue weighted by Crippen LogP contribution is 2.41. The highest BCUT2D eigenvalue weighted by atomic mass is 32.2. The summed E-state index contributed by atoms with van der Waals surface area (Å²) < 4.78 is 2.14. The van der Waals surface area contributed by atoms with Crippen molar-refractivity contribution < 1.29 is 0 Å². The minimum atomic E-state index is 0.693. The highest BCUT2D eigenvalue weighted by molar-refractivity contribution is 8.23. The maximum atomic E-state index is 4.26. The summed E-state index contributed by atoms with van der Waals surface area (Å²) in [7, 11) is 0. The summed E-state index contributed by atoms with van der Waals surface area (Å²) in [5.41, 5.74) is 0. The summed E-state index contributed by atoms with van der Waals surface area (Å²) in [6.07, 6.45) is 0. The SMILES string of the molecule is CC1CSC(S)=C(S)S1. The second kappa shape index (κ2) is 3.51. The van der Waals surface area contributed by atoms with Crippen molar-refractivity contribution in [1.82, 2.24) is 0 Å². The molecular weight excluding hydrogens is 188 g/mol. The second-order valence-electron chi connectivity index (χ2n) is 1.85. The monoisotopic (exact) mass is 196 g/mol. The van der Waals surface area contributed by atoms with Crippen LogP contribution in [-0.4, -0.2) is 11.0 Å². The topological polar surface area (TPSA) is 0 Å². The molecule has 0 aromatic carbocycles. The van der Waals surface area contributed by atoms with Crippen LogP contribution < -0.4 is 0 Å². The van der Waals surface area contributed by atoms with Crippen LogP contribution in [-0.2, 0) is 0 Å². The van der Waals surface area contributed by atoms with Crippen LogP contribution in [0.2, 0.25) is 0 Å². The van der Waals surface area contributed by atoms with Gasteiger partial charge in [0, 0.05) is 11.0 Å². The minimum Gasteiger partial charge on any atom is -0.135 e. The molecule has 1 aliphatic heterocycles. The van der Waals surface area contributed by atoms with Crippen LogP contribution in [0.1, 0.15) is 6.92 Å². The van der Waals surface area contributed by atoms with Crippen molar-refractivity contribution >= 4 is 48.8 Å². The van der Waals surface area contributed by atoms with Crippen LogP contribution in [0.5, 0.6) is 0 Å². The van der Waals surface area contributed by atoms with Crippen LogP contribution in [0.25, 0.3) is 0 Å². The molecule has 0 aromatic heterocycles. The van der Waals surface area contributed by atoms with Gasteiger partial charge < -0.3 is 0 Å². The average Bonchev–Trinajstić information content (AvgIpc) is 1.80. The van der Waals surface area contributed by atoms with Crippen LogP contribution >= 0.6 is 48.8 Å². The van der Waals surface area contributed by atoms with Crippen molar-refractivity contribution in [3.8, 4) is 0 Å². The third kappa shape index (κ3) is 2.33. The Kier molecular flexibility index (Phi) is 3.21. The fraction of sp³-hybridized carbons (Fsp3) is 0.600. The van der Waals surface area contributed by atoms with Gasteiger partial charge in [-0.3, -0.25) is 0 Å². The molecule has 0 bridgehead atoms. The molecule has 1 aliphatic rings. The van der Waals surface area contributed by atoms with Gasteiger partial charge in [0.25, 0.3) is 0 Å². The fourth-order valence-electron chi connectivity index (χ4n) is 0.533. The van der Waals surface area contributed by atoms with E-state index in [0.717, 1.165) is 14.2 Å². The number of hydrogen-bond acceptors (Lipinski definition) is 4. The molecule has 1 unspecified atom stereocenters. The van der Waals surface area contributed by atoms with Gasteiger partial charge in [-0.15, -0.1) is 48.8 Å². The zero-order valence-corrected chi connectivity index (χ0v) is 8.42. The van der Waals surface area contributed by atoms with Crippen molar-refractivity contribution in [2.45, 2.75) is 12.2 Å². The maximum Gasteiger partial charge on any atom is 0.0572 e. The summed E-state index contributed by atoms with van der Waals surface area (Å²) in [5.74, 6) is 1.16. The molecule has 0 N–H and O–H groups in total. The molecule has 0 nitrogen and oxygen atoms in total. The first kappa shape index (κ1) is 8.24. The Balaban J connectivity index is 2.61. The lowest BCUT2D eigenvalue weighted by Crippen LogP contribution is -2.02. The van der Waals surface area contributed by atoms with E-state index in [4.69, 9.17) is 0 Å². The van der Waals surface area contributed by atoms with Crippen molar-refractivity contribution in [2.75, 3.05) is 5.75 Å². The molecule has 0 saturated carbocycles. The predicted molar refractivity (Wildman–Crippen MR) is 54.5 cm³/mol. The van der Waals surface area contributed by atoms with E-state index in [-0.39, 0.29) is 0 Å². The van der Waals surface area contributed by atoms with Crippen molar-refractivity contribution in [1.29, 1.82) is 0 Å². The molecule has 52 valence electrons. The smallest absolute Gasteiger partial charge is 0.0572 e. The van der Waals surface area contributed by atoms with Crippen molar-refractivity contribution in [3.05, 3.63) is 8.47 Å². The average molecular weight is 196 g/mol. The van der Waals surface area contributed by atoms with Gasteiger partial charge in [0.15, 0.2) is 0 Å². The van der Waals surface area contributed by atoms with Crippen LogP contribution in [0.15, 0.2) is 8.47 Å². The molecule has 0 spiro atoms. The van der Waals surface area contributed by atoms with Crippen LogP contribution in [0.4, 0.5) is 0 Å². The third-order valence-electron chi connectivity index (χ3n) is 0.951. The zero-order chi connectivity index (χ0) is 6.85. The van der Waals surface area contributed by atoms with Crippen LogP contribution in [0, 0.1) is 0 Å². The molecule has 0 saturated heterocycles. The molecule has 1 heterocycles. The molecule has 0 aromatic rings. The van der Waals surface area contributed by atoms with E-state index < -0.39 is 0 Å². The summed E-state index contributed by atoms with van der Waals surface area (Å²) in [6, 6.07) is 0. The summed E-state index contributed by atoms with van der Waals surface area (Å²) in [5, 5.41) is 0.693. The fourth-order valence-corrected chi connectivity index (χ4v) is 3.44. The highest BCUT2D eigenvalue weighted by Gasteiger charge is 2.13. The summed E-state index contributed by atoms with van der Waals surface area (Å²) in [6.45, 7) is 2.20. The van der Waals surface area contributed by atoms with Gasteiger partial charge in [0.1, 0.15) is 0 Å². The molecule has 9 heavy (non-hydrogen) atoms. The molecule has 0 amide bonds. The molecule has 4 heteroatoms. The van der Waals surface area contributed by atoms with E-state index in [1.807, 2.05) is 0 Å². The number of hydrogen-bond donors (Lipinski definition) is 2. The largest absolute Gasteiger partial charge is 0.135 e. The Morgan fingerprint density at radius 3 is 2.56 bits per heavy atom. The predicted octanol–water partition coefficient (Wildman–Crippen LogP) is 2.84. The zero-order valence-electron chi connectivity index (χ0n) is 5.00. The van der Waals surface area contributed by atoms with E-state index in [2.05, 4.69) is 32.2 Å². The van der Waals surface area contributed by atoms with Crippen molar-refractivity contribution in [2.24, 2.45) is 0 Å². The Bertz CT molecular complexity index is 140. The molecule has 1 rings (SSSR count). The van der Waals surface area contributed by atoms with E-state index in [9.17, 15) is 0 Å². The summed E-state index contributed by atoms with van der Waals surface area (Å²) in [4.78, 5) is 0. The van der Waals surface area contributed by atoms with Gasteiger partial charge in [-0.1, -0.05) is 6.92 Å². The first-order valence-corrected chi connectivity index (χ1v) is 5.38. The number of thiol groups is 2. The lowest BCUT2D eigenvalue weighted by atomic mass is 10.6. The third-order valence-corrected chi connectivity index (χ3v) is 5.06. The van der Waals surface area contributed by atoms with Crippen molar-refractivity contribution in [3.63, 3.8) is 0 Å². The van der Waals surface area contributed by atoms with Gasteiger partial charge in [0.2, 0.25) is 0 Å². The first-order valence-electron chi connectivity index (χ1n) is 2.62. The molecule has 1 atom stereocenters. The van der Waals surface area contributed by atoms with E-state index in [0.29, 0.717) is 5.25 Å². The van der Waals surface area contributed by atoms with Crippen LogP contribution in [0.3, 0.4) is 0 Å². The summed E-state index contributed by atoms with van der Waals surface area (Å²) >= 11 is 12.1. The van der Waals surface area contributed by atoms with Gasteiger partial charge in [-0.05, 0) is 0 Å². The molecule has 0 radical (unpaired) electrons. The Morgan fingerprint density at radius 1 is 1.44 bits per heavy atom. The van der Waals surface area contributed by atoms with Gasteiger partial charge in [-0.2, -0.15) is 0 Å². The lowest BCUT2D eigenvalue weighted by molar-refractivity contribution is 1.14. The quantitative estimate of drug-likeness (QED) is 0.572. The standard InChI is InChI=1S/C5H8S4/c1-3-2-8-4(6)5(7)9-3/h3,6-7H,2H2,1H3.